The number of ketones is 1. The summed E-state index contributed by atoms with van der Waals surface area (Å²) in [6.45, 7) is 0.167. The molecule has 0 spiro atoms. The summed E-state index contributed by atoms with van der Waals surface area (Å²) >= 11 is 0. The molecule has 0 radical (unpaired) electrons. The Labute approximate surface area is 190 Å². The topological polar surface area (TPSA) is 80.4 Å². The van der Waals surface area contributed by atoms with Gasteiger partial charge in [-0.15, -0.1) is 0 Å². The number of nitriles is 1. The van der Waals surface area contributed by atoms with E-state index in [4.69, 9.17) is 9.47 Å². The number of anilines is 1. The van der Waals surface area contributed by atoms with Gasteiger partial charge in [0.05, 0.1) is 29.4 Å². The van der Waals surface area contributed by atoms with Crippen molar-refractivity contribution >= 4 is 17.3 Å². The molecule has 7 heteroatoms. The lowest BCUT2D eigenvalue weighted by Crippen LogP contribution is -2.36. The van der Waals surface area contributed by atoms with Gasteiger partial charge in [-0.25, -0.2) is 0 Å². The normalized spacial score (nSPS) is 19.5. The smallest absolute Gasteiger partial charge is 0.231 e. The molecular formula is C26H20N4O3. The monoisotopic (exact) mass is 436 g/mol. The fourth-order valence-corrected chi connectivity index (χ4v) is 4.96. The van der Waals surface area contributed by atoms with Crippen molar-refractivity contribution < 1.29 is 14.3 Å². The third-order valence-corrected chi connectivity index (χ3v) is 6.33. The van der Waals surface area contributed by atoms with Crippen molar-refractivity contribution in [1.82, 2.24) is 9.55 Å². The van der Waals surface area contributed by atoms with E-state index in [-0.39, 0.29) is 12.6 Å². The number of aromatic nitrogens is 2. The van der Waals surface area contributed by atoms with Gasteiger partial charge in [-0.3, -0.25) is 14.7 Å². The molecule has 3 aliphatic rings. The van der Waals surface area contributed by atoms with Crippen LogP contribution in [-0.2, 0) is 4.79 Å². The molecule has 0 saturated heterocycles. The molecule has 33 heavy (non-hydrogen) atoms. The number of fused-ring (bicyclic) bond motifs is 1. The lowest BCUT2D eigenvalue weighted by Gasteiger charge is -2.41. The Kier molecular flexibility index (Phi) is 4.51. The zero-order valence-corrected chi connectivity index (χ0v) is 17.8. The molecule has 1 atom stereocenters. The standard InChI is InChI=1S/C26H20N4O3/c27-14-19-24(17-8-9-22-23(13-17)33-16-32-22)25-20(6-3-7-21(25)31)30(18-5-4-10-28-15-18)26(19)29-11-1-2-12-29/h1-2,4-5,8-13,15,24H,3,6-7,16H2/t24-/m1/s1. The molecule has 3 aromatic rings. The van der Waals surface area contributed by atoms with Crippen LogP contribution in [0.1, 0.15) is 30.7 Å². The number of ether oxygens (including phenoxy) is 2. The van der Waals surface area contributed by atoms with Crippen LogP contribution < -0.4 is 14.4 Å². The first kappa shape index (κ1) is 19.4. The average Bonchev–Trinajstić information content (AvgIpc) is 3.55. The molecule has 7 nitrogen and oxygen atoms in total. The molecule has 2 aromatic heterocycles. The number of carbonyl (C=O) groups excluding carboxylic acids is 1. The first-order chi connectivity index (χ1) is 16.3. The minimum atomic E-state index is -0.488. The molecule has 0 N–H and O–H groups in total. The summed E-state index contributed by atoms with van der Waals surface area (Å²) < 4.78 is 13.0. The van der Waals surface area contributed by atoms with E-state index in [2.05, 4.69) is 11.1 Å². The molecule has 0 saturated carbocycles. The van der Waals surface area contributed by atoms with E-state index in [0.29, 0.717) is 34.9 Å². The molecule has 2 aliphatic heterocycles. The van der Waals surface area contributed by atoms with E-state index in [9.17, 15) is 10.1 Å². The second-order valence-electron chi connectivity index (χ2n) is 8.17. The maximum absolute atomic E-state index is 13.4. The molecule has 1 aliphatic carbocycles. The highest BCUT2D eigenvalue weighted by molar-refractivity contribution is 6.03. The van der Waals surface area contributed by atoms with Crippen molar-refractivity contribution in [3.05, 3.63) is 89.7 Å². The molecule has 0 unspecified atom stereocenters. The molecule has 0 bridgehead atoms. The van der Waals surface area contributed by atoms with E-state index >= 15 is 0 Å². The van der Waals surface area contributed by atoms with Gasteiger partial charge in [-0.05, 0) is 54.8 Å². The number of Topliss-reactive ketones (excluding diaryl/α,β-unsaturated/α-hetero) is 1. The Morgan fingerprint density at radius 3 is 2.70 bits per heavy atom. The van der Waals surface area contributed by atoms with Crippen molar-refractivity contribution in [2.24, 2.45) is 0 Å². The van der Waals surface area contributed by atoms with Gasteiger partial charge in [0.25, 0.3) is 0 Å². The van der Waals surface area contributed by atoms with Crippen LogP contribution in [-0.4, -0.2) is 22.1 Å². The highest BCUT2D eigenvalue weighted by Crippen LogP contribution is 2.49. The SMILES string of the molecule is N#CC1=C(n2cccc2)N(c2cccnc2)C2=C(C(=O)CCC2)[C@@H]1c1ccc2c(c1)OCO2. The number of pyridine rings is 1. The summed E-state index contributed by atoms with van der Waals surface area (Å²) in [5.41, 5.74) is 3.76. The van der Waals surface area contributed by atoms with Gasteiger partial charge in [-0.2, -0.15) is 5.26 Å². The van der Waals surface area contributed by atoms with Crippen molar-refractivity contribution in [2.45, 2.75) is 25.2 Å². The minimum absolute atomic E-state index is 0.0760. The zero-order chi connectivity index (χ0) is 22.4. The highest BCUT2D eigenvalue weighted by Gasteiger charge is 2.42. The van der Waals surface area contributed by atoms with Gasteiger partial charge in [0, 0.05) is 36.3 Å². The number of allylic oxidation sites excluding steroid dienone is 3. The van der Waals surface area contributed by atoms with Crippen molar-refractivity contribution in [2.75, 3.05) is 11.7 Å². The van der Waals surface area contributed by atoms with Crippen LogP contribution in [0.2, 0.25) is 0 Å². The van der Waals surface area contributed by atoms with Crippen molar-refractivity contribution in [3.8, 4) is 17.6 Å². The van der Waals surface area contributed by atoms with Crippen LogP contribution in [0.15, 0.2) is 84.1 Å². The lowest BCUT2D eigenvalue weighted by atomic mass is 9.75. The fraction of sp³-hybridized carbons (Fsp3) is 0.192. The molecule has 0 fully saturated rings. The zero-order valence-electron chi connectivity index (χ0n) is 17.8. The van der Waals surface area contributed by atoms with Gasteiger partial charge >= 0.3 is 0 Å². The third-order valence-electron chi connectivity index (χ3n) is 6.33. The van der Waals surface area contributed by atoms with Crippen LogP contribution in [0, 0.1) is 11.3 Å². The molecule has 162 valence electrons. The lowest BCUT2D eigenvalue weighted by molar-refractivity contribution is -0.116. The molecule has 6 rings (SSSR count). The first-order valence-corrected chi connectivity index (χ1v) is 10.9. The van der Waals surface area contributed by atoms with Crippen LogP contribution in [0.25, 0.3) is 5.82 Å². The second-order valence-corrected chi connectivity index (χ2v) is 8.17. The largest absolute Gasteiger partial charge is 0.454 e. The summed E-state index contributed by atoms with van der Waals surface area (Å²) in [5.74, 6) is 1.60. The minimum Gasteiger partial charge on any atom is -0.454 e. The maximum atomic E-state index is 13.4. The first-order valence-electron chi connectivity index (χ1n) is 10.9. The van der Waals surface area contributed by atoms with Gasteiger partial charge in [0.2, 0.25) is 6.79 Å². The van der Waals surface area contributed by atoms with Crippen LogP contribution in [0.3, 0.4) is 0 Å². The van der Waals surface area contributed by atoms with Crippen LogP contribution >= 0.6 is 0 Å². The van der Waals surface area contributed by atoms with E-state index in [1.54, 1.807) is 12.4 Å². The summed E-state index contributed by atoms with van der Waals surface area (Å²) in [6.07, 6.45) is 9.30. The van der Waals surface area contributed by atoms with E-state index in [0.717, 1.165) is 29.8 Å². The number of nitrogens with zero attached hydrogens (tertiary/aromatic N) is 4. The van der Waals surface area contributed by atoms with Crippen LogP contribution in [0.4, 0.5) is 5.69 Å². The highest BCUT2D eigenvalue weighted by atomic mass is 16.7. The predicted octanol–water partition coefficient (Wildman–Crippen LogP) is 4.62. The Balaban J connectivity index is 1.65. The second kappa shape index (κ2) is 7.68. The van der Waals surface area contributed by atoms with Gasteiger partial charge < -0.3 is 14.0 Å². The summed E-state index contributed by atoms with van der Waals surface area (Å²) in [4.78, 5) is 19.7. The number of rotatable bonds is 3. The summed E-state index contributed by atoms with van der Waals surface area (Å²) in [5, 5.41) is 10.5. The Bertz CT molecular complexity index is 1350. The number of carbonyl (C=O) groups is 1. The molecule has 0 amide bonds. The Morgan fingerprint density at radius 1 is 1.06 bits per heavy atom. The molecule has 4 heterocycles. The van der Waals surface area contributed by atoms with Gasteiger partial charge in [0.1, 0.15) is 5.82 Å². The van der Waals surface area contributed by atoms with E-state index in [1.807, 2.05) is 64.3 Å². The van der Waals surface area contributed by atoms with E-state index < -0.39 is 5.92 Å². The van der Waals surface area contributed by atoms with Crippen molar-refractivity contribution in [1.29, 1.82) is 5.26 Å². The third kappa shape index (κ3) is 3.03. The molecular weight excluding hydrogens is 416 g/mol. The summed E-state index contributed by atoms with van der Waals surface area (Å²) in [7, 11) is 0. The Morgan fingerprint density at radius 2 is 1.91 bits per heavy atom. The molecule has 1 aromatic carbocycles. The average molecular weight is 436 g/mol. The number of hydrogen-bond donors (Lipinski definition) is 0. The quantitative estimate of drug-likeness (QED) is 0.596. The fourth-order valence-electron chi connectivity index (χ4n) is 4.96. The van der Waals surface area contributed by atoms with Crippen molar-refractivity contribution in [3.63, 3.8) is 0 Å². The summed E-state index contributed by atoms with van der Waals surface area (Å²) in [6, 6.07) is 15.8. The van der Waals surface area contributed by atoms with E-state index in [1.165, 1.54) is 0 Å². The maximum Gasteiger partial charge on any atom is 0.231 e. The Hall–Kier alpha value is -4.31. The number of benzene rings is 1. The van der Waals surface area contributed by atoms with Crippen LogP contribution in [0.5, 0.6) is 11.5 Å². The predicted molar refractivity (Wildman–Crippen MR) is 121 cm³/mol. The number of hydrogen-bond acceptors (Lipinski definition) is 6. The van der Waals surface area contributed by atoms with Gasteiger partial charge in [0.15, 0.2) is 17.3 Å². The van der Waals surface area contributed by atoms with Gasteiger partial charge in [-0.1, -0.05) is 6.07 Å².